The number of hydrogen-bond acceptors (Lipinski definition) is 3. The van der Waals surface area contributed by atoms with Crippen LogP contribution in [0.2, 0.25) is 0 Å². The van der Waals surface area contributed by atoms with Crippen LogP contribution in [0.5, 0.6) is 0 Å². The lowest BCUT2D eigenvalue weighted by Gasteiger charge is -2.12. The molecule has 16 heavy (non-hydrogen) atoms. The molecule has 3 nitrogen and oxygen atoms in total. The molecule has 0 fully saturated rings. The summed E-state index contributed by atoms with van der Waals surface area (Å²) in [5.74, 6) is -0.421. The number of carbonyl (C=O) groups excluding carboxylic acids is 1. The Balaban J connectivity index is 2.53. The lowest BCUT2D eigenvalue weighted by atomic mass is 10.1. The lowest BCUT2D eigenvalue weighted by Crippen LogP contribution is -2.34. The zero-order valence-corrected chi connectivity index (χ0v) is 9.24. The van der Waals surface area contributed by atoms with Crippen molar-refractivity contribution >= 4 is 5.78 Å². The third-order valence-electron chi connectivity index (χ3n) is 2.31. The van der Waals surface area contributed by atoms with Gasteiger partial charge in [-0.25, -0.2) is 4.39 Å². The van der Waals surface area contributed by atoms with E-state index in [1.807, 2.05) is 0 Å². The number of nitrogens with one attached hydrogen (secondary N) is 1. The first kappa shape index (κ1) is 12.8. The van der Waals surface area contributed by atoms with Gasteiger partial charge in [-0.2, -0.15) is 0 Å². The van der Waals surface area contributed by atoms with Crippen molar-refractivity contribution in [2.45, 2.75) is 19.4 Å². The fourth-order valence-electron chi connectivity index (χ4n) is 1.35. The van der Waals surface area contributed by atoms with Crippen LogP contribution >= 0.6 is 0 Å². The maximum atomic E-state index is 12.6. The van der Waals surface area contributed by atoms with E-state index in [2.05, 4.69) is 5.32 Å². The first-order valence-corrected chi connectivity index (χ1v) is 5.29. The zero-order valence-electron chi connectivity index (χ0n) is 9.24. The molecule has 0 heterocycles. The van der Waals surface area contributed by atoms with Crippen LogP contribution < -0.4 is 5.32 Å². The highest BCUT2D eigenvalue weighted by Crippen LogP contribution is 2.05. The second-order valence-corrected chi connectivity index (χ2v) is 3.62. The molecule has 1 aromatic carbocycles. The van der Waals surface area contributed by atoms with Crippen molar-refractivity contribution in [2.24, 2.45) is 0 Å². The molecule has 0 bridgehead atoms. The van der Waals surface area contributed by atoms with E-state index in [0.29, 0.717) is 18.5 Å². The van der Waals surface area contributed by atoms with Gasteiger partial charge in [0.2, 0.25) is 0 Å². The smallest absolute Gasteiger partial charge is 0.179 e. The third kappa shape index (κ3) is 3.72. The Kier molecular flexibility index (Phi) is 5.08. The van der Waals surface area contributed by atoms with E-state index in [0.717, 1.165) is 0 Å². The summed E-state index contributed by atoms with van der Waals surface area (Å²) >= 11 is 0. The Labute approximate surface area is 94.3 Å². The van der Waals surface area contributed by atoms with Gasteiger partial charge in [0, 0.05) is 12.2 Å². The van der Waals surface area contributed by atoms with Gasteiger partial charge < -0.3 is 10.4 Å². The van der Waals surface area contributed by atoms with E-state index in [1.165, 1.54) is 24.3 Å². The number of hydrogen-bond donors (Lipinski definition) is 2. The predicted octanol–water partition coefficient (Wildman–Crippen LogP) is 1.37. The molecule has 0 aromatic heterocycles. The highest BCUT2D eigenvalue weighted by Gasteiger charge is 2.13. The first-order valence-electron chi connectivity index (χ1n) is 5.29. The van der Waals surface area contributed by atoms with E-state index in [-0.39, 0.29) is 24.2 Å². The normalized spacial score (nSPS) is 12.4. The number of carbonyl (C=O) groups is 1. The van der Waals surface area contributed by atoms with Crippen molar-refractivity contribution in [3.05, 3.63) is 35.6 Å². The highest BCUT2D eigenvalue weighted by atomic mass is 19.1. The largest absolute Gasteiger partial charge is 0.396 e. The van der Waals surface area contributed by atoms with Gasteiger partial charge in [0.05, 0.1) is 6.04 Å². The van der Waals surface area contributed by atoms with Crippen molar-refractivity contribution in [1.82, 2.24) is 5.32 Å². The minimum Gasteiger partial charge on any atom is -0.396 e. The van der Waals surface area contributed by atoms with E-state index >= 15 is 0 Å². The van der Waals surface area contributed by atoms with Crippen molar-refractivity contribution in [3.8, 4) is 0 Å². The number of Topliss-reactive ketones (excluding diaryl/α,β-unsaturated/α-hetero) is 1. The van der Waals surface area contributed by atoms with Gasteiger partial charge in [-0.15, -0.1) is 0 Å². The summed E-state index contributed by atoms with van der Waals surface area (Å²) < 4.78 is 12.6. The summed E-state index contributed by atoms with van der Waals surface area (Å²) in [5.41, 5.74) is 0.491. The van der Waals surface area contributed by atoms with Gasteiger partial charge in [0.1, 0.15) is 5.82 Å². The number of rotatable bonds is 6. The Morgan fingerprint density at radius 2 is 2.06 bits per heavy atom. The third-order valence-corrected chi connectivity index (χ3v) is 2.31. The molecule has 1 atom stereocenters. The summed E-state index contributed by atoms with van der Waals surface area (Å²) in [5, 5.41) is 11.6. The number of halogens is 1. The molecule has 1 unspecified atom stereocenters. The molecule has 2 N–H and O–H groups in total. The summed E-state index contributed by atoms with van der Waals surface area (Å²) in [7, 11) is 0. The molecule has 0 saturated heterocycles. The van der Waals surface area contributed by atoms with Crippen molar-refractivity contribution in [2.75, 3.05) is 13.2 Å². The molecule has 0 radical (unpaired) electrons. The van der Waals surface area contributed by atoms with Crippen LogP contribution in [0.1, 0.15) is 23.7 Å². The van der Waals surface area contributed by atoms with E-state index in [1.54, 1.807) is 6.92 Å². The predicted molar refractivity (Wildman–Crippen MR) is 59.9 cm³/mol. The number of ketones is 1. The fourth-order valence-corrected chi connectivity index (χ4v) is 1.35. The summed E-state index contributed by atoms with van der Waals surface area (Å²) in [6, 6.07) is 5.17. The molecule has 0 spiro atoms. The molecule has 1 rings (SSSR count). The second-order valence-electron chi connectivity index (χ2n) is 3.62. The van der Waals surface area contributed by atoms with Gasteiger partial charge >= 0.3 is 0 Å². The van der Waals surface area contributed by atoms with Crippen LogP contribution in [0.15, 0.2) is 24.3 Å². The average molecular weight is 225 g/mol. The summed E-state index contributed by atoms with van der Waals surface area (Å²) in [6.45, 7) is 2.44. The van der Waals surface area contributed by atoms with Gasteiger partial charge in [-0.1, -0.05) is 0 Å². The maximum absolute atomic E-state index is 12.6. The van der Waals surface area contributed by atoms with Crippen molar-refractivity contribution in [3.63, 3.8) is 0 Å². The van der Waals surface area contributed by atoms with Crippen LogP contribution in [0.4, 0.5) is 4.39 Å². The van der Waals surface area contributed by atoms with Gasteiger partial charge in [0.15, 0.2) is 5.78 Å². The molecule has 0 aliphatic carbocycles. The van der Waals surface area contributed by atoms with E-state index < -0.39 is 0 Å². The van der Waals surface area contributed by atoms with Crippen LogP contribution in [0.25, 0.3) is 0 Å². The molecule has 88 valence electrons. The van der Waals surface area contributed by atoms with E-state index in [4.69, 9.17) is 5.11 Å². The summed E-state index contributed by atoms with van der Waals surface area (Å²) in [4.78, 5) is 11.8. The van der Waals surface area contributed by atoms with Crippen LogP contribution in [-0.4, -0.2) is 30.1 Å². The minimum atomic E-state index is -0.350. The molecular formula is C12H16FNO2. The quantitative estimate of drug-likeness (QED) is 0.568. The fraction of sp³-hybridized carbons (Fsp3) is 0.417. The Morgan fingerprint density at radius 1 is 1.44 bits per heavy atom. The zero-order chi connectivity index (χ0) is 12.0. The molecule has 1 aromatic rings. The topological polar surface area (TPSA) is 49.3 Å². The molecule has 4 heteroatoms. The number of aliphatic hydroxyl groups is 1. The van der Waals surface area contributed by atoms with Gasteiger partial charge in [0.25, 0.3) is 0 Å². The number of benzene rings is 1. The average Bonchev–Trinajstić information content (AvgIpc) is 2.29. The van der Waals surface area contributed by atoms with Crippen LogP contribution in [-0.2, 0) is 0 Å². The van der Waals surface area contributed by atoms with Gasteiger partial charge in [-0.3, -0.25) is 4.79 Å². The SMILES string of the molecule is CC(NCCCO)C(=O)c1ccc(F)cc1. The minimum absolute atomic E-state index is 0.0714. The Hall–Kier alpha value is -1.26. The molecule has 0 saturated carbocycles. The maximum Gasteiger partial charge on any atom is 0.179 e. The summed E-state index contributed by atoms with van der Waals surface area (Å²) in [6.07, 6.45) is 0.612. The highest BCUT2D eigenvalue weighted by molar-refractivity contribution is 5.99. The van der Waals surface area contributed by atoms with Crippen molar-refractivity contribution < 1.29 is 14.3 Å². The molecular weight excluding hydrogens is 209 g/mol. The van der Waals surface area contributed by atoms with Gasteiger partial charge in [-0.05, 0) is 44.2 Å². The molecule has 0 amide bonds. The van der Waals surface area contributed by atoms with Crippen LogP contribution in [0.3, 0.4) is 0 Å². The first-order chi connectivity index (χ1) is 7.65. The standard InChI is InChI=1S/C12H16FNO2/c1-9(14-7-2-8-15)12(16)10-3-5-11(13)6-4-10/h3-6,9,14-15H,2,7-8H2,1H3. The van der Waals surface area contributed by atoms with Crippen molar-refractivity contribution in [1.29, 1.82) is 0 Å². The Morgan fingerprint density at radius 3 is 2.62 bits per heavy atom. The molecule has 0 aliphatic rings. The van der Waals surface area contributed by atoms with E-state index in [9.17, 15) is 9.18 Å². The molecule has 0 aliphatic heterocycles. The monoisotopic (exact) mass is 225 g/mol. The second kappa shape index (κ2) is 6.35. The van der Waals surface area contributed by atoms with Crippen LogP contribution in [0, 0.1) is 5.82 Å². The Bertz CT molecular complexity index is 337. The number of aliphatic hydroxyl groups excluding tert-OH is 1. The lowest BCUT2D eigenvalue weighted by molar-refractivity contribution is 0.0950.